The largest absolute Gasteiger partial charge is 0.478 e. The number of ether oxygens (including phenoxy) is 4. The lowest BCUT2D eigenvalue weighted by molar-refractivity contribution is -0.152. The molecule has 0 aliphatic carbocycles. The first-order chi connectivity index (χ1) is 16.3. The third-order valence-electron chi connectivity index (χ3n) is 6.74. The fourth-order valence-electron chi connectivity index (χ4n) is 5.20. The fraction of sp³-hybridized carbons (Fsp3) is 0.538. The first-order valence-electron chi connectivity index (χ1n) is 11.7. The Morgan fingerprint density at radius 3 is 1.53 bits per heavy atom. The molecule has 2 aromatic rings. The monoisotopic (exact) mass is 470 g/mol. The van der Waals surface area contributed by atoms with Gasteiger partial charge in [0.1, 0.15) is 37.0 Å². The number of nitrogens with zero attached hydrogens (tertiary/aromatic N) is 2. The number of rotatable bonds is 6. The van der Waals surface area contributed by atoms with Crippen LogP contribution in [0.25, 0.3) is 10.8 Å². The molecule has 0 fully saturated rings. The molecule has 4 rings (SSSR count). The minimum Gasteiger partial charge on any atom is -0.478 e. The second-order valence-corrected chi connectivity index (χ2v) is 9.65. The van der Waals surface area contributed by atoms with E-state index in [9.17, 15) is 9.59 Å². The van der Waals surface area contributed by atoms with Crippen molar-refractivity contribution in [2.75, 3.05) is 27.7 Å². The van der Waals surface area contributed by atoms with E-state index < -0.39 is 12.1 Å². The van der Waals surface area contributed by atoms with E-state index in [0.717, 1.165) is 33.4 Å². The number of fused-ring (bicyclic) bond motifs is 5. The second-order valence-electron chi connectivity index (χ2n) is 9.65. The predicted octanol–water partition coefficient (Wildman–Crippen LogP) is 3.54. The van der Waals surface area contributed by atoms with E-state index in [1.165, 1.54) is 14.2 Å². The first kappa shape index (κ1) is 24.3. The molecule has 0 radical (unpaired) electrons. The van der Waals surface area contributed by atoms with Crippen LogP contribution in [0.3, 0.4) is 0 Å². The molecule has 8 heteroatoms. The lowest BCUT2D eigenvalue weighted by atomic mass is 9.93. The van der Waals surface area contributed by atoms with Crippen LogP contribution in [0.4, 0.5) is 0 Å². The zero-order chi connectivity index (χ0) is 24.6. The Hall–Kier alpha value is -2.84. The van der Waals surface area contributed by atoms with E-state index in [4.69, 9.17) is 18.9 Å². The van der Waals surface area contributed by atoms with Gasteiger partial charge in [0, 0.05) is 24.2 Å². The molecule has 0 spiro atoms. The molecule has 0 saturated carbocycles. The Bertz CT molecular complexity index is 1000. The van der Waals surface area contributed by atoms with Gasteiger partial charge in [-0.25, -0.2) is 0 Å². The van der Waals surface area contributed by atoms with Gasteiger partial charge < -0.3 is 18.9 Å². The summed E-state index contributed by atoms with van der Waals surface area (Å²) in [6, 6.07) is 7.23. The van der Waals surface area contributed by atoms with Crippen LogP contribution in [0, 0.1) is 11.8 Å². The highest BCUT2D eigenvalue weighted by molar-refractivity contribution is 5.93. The van der Waals surface area contributed by atoms with E-state index in [2.05, 4.69) is 0 Å². The van der Waals surface area contributed by atoms with Crippen molar-refractivity contribution in [3.63, 3.8) is 0 Å². The van der Waals surface area contributed by atoms with Crippen LogP contribution in [0.15, 0.2) is 24.3 Å². The lowest BCUT2D eigenvalue weighted by Gasteiger charge is -2.38. The van der Waals surface area contributed by atoms with Gasteiger partial charge in [-0.05, 0) is 34.7 Å². The molecular formula is C26H34N2O6. The third kappa shape index (κ3) is 4.32. The Labute approximate surface area is 200 Å². The van der Waals surface area contributed by atoms with Crippen LogP contribution in [0.5, 0.6) is 11.5 Å². The maximum Gasteiger partial charge on any atom is 0.323 e. The van der Waals surface area contributed by atoms with Gasteiger partial charge in [-0.3, -0.25) is 19.4 Å². The minimum atomic E-state index is -0.412. The van der Waals surface area contributed by atoms with Gasteiger partial charge in [0.05, 0.1) is 14.2 Å². The average Bonchev–Trinajstić information content (AvgIpc) is 2.82. The topological polar surface area (TPSA) is 77.5 Å². The van der Waals surface area contributed by atoms with E-state index >= 15 is 0 Å². The summed E-state index contributed by atoms with van der Waals surface area (Å²) in [6.07, 6.45) is 0. The SMILES string of the molecule is COC(=O)[C@H](C(C)C)N1COc2ccc3ccc4c(c3c2C1)CN([C@H](C(=O)OC)C(C)C)CO4. The fourth-order valence-corrected chi connectivity index (χ4v) is 5.20. The normalized spacial score (nSPS) is 18.0. The first-order valence-corrected chi connectivity index (χ1v) is 11.7. The standard InChI is InChI=1S/C26H34N2O6/c1-15(2)23(25(29)31-5)27-11-18-20(33-13-27)9-7-17-8-10-21-19(22(17)18)12-28(14-34-21)24(16(3)4)26(30)32-6/h7-10,15-16,23-24H,11-14H2,1-6H3/t23-,24-/m0/s1. The number of esters is 2. The van der Waals surface area contributed by atoms with Gasteiger partial charge >= 0.3 is 11.9 Å². The van der Waals surface area contributed by atoms with Crippen LogP contribution in [-0.4, -0.2) is 61.5 Å². The van der Waals surface area contributed by atoms with Crippen molar-refractivity contribution < 1.29 is 28.5 Å². The molecule has 34 heavy (non-hydrogen) atoms. The van der Waals surface area contributed by atoms with Crippen molar-refractivity contribution >= 4 is 22.7 Å². The van der Waals surface area contributed by atoms with Crippen LogP contribution in [-0.2, 0) is 32.2 Å². The molecule has 2 aliphatic heterocycles. The zero-order valence-corrected chi connectivity index (χ0v) is 20.8. The number of hydrogen-bond acceptors (Lipinski definition) is 8. The van der Waals surface area contributed by atoms with Crippen LogP contribution < -0.4 is 9.47 Å². The van der Waals surface area contributed by atoms with Gasteiger partial charge in [-0.1, -0.05) is 39.8 Å². The molecule has 2 aliphatic rings. The van der Waals surface area contributed by atoms with Crippen molar-refractivity contribution in [3.8, 4) is 11.5 Å². The van der Waals surface area contributed by atoms with Crippen molar-refractivity contribution in [1.82, 2.24) is 9.80 Å². The molecule has 8 nitrogen and oxygen atoms in total. The highest BCUT2D eigenvalue weighted by Gasteiger charge is 2.36. The van der Waals surface area contributed by atoms with Crippen molar-refractivity contribution in [1.29, 1.82) is 0 Å². The number of carbonyl (C=O) groups excluding carboxylic acids is 2. The summed E-state index contributed by atoms with van der Waals surface area (Å²) < 4.78 is 22.4. The Balaban J connectivity index is 1.77. The van der Waals surface area contributed by atoms with Crippen molar-refractivity contribution in [2.45, 2.75) is 52.9 Å². The van der Waals surface area contributed by atoms with Crippen LogP contribution >= 0.6 is 0 Å². The summed E-state index contributed by atoms with van der Waals surface area (Å²) in [6.45, 7) is 9.74. The Morgan fingerprint density at radius 1 is 0.765 bits per heavy atom. The van der Waals surface area contributed by atoms with E-state index in [0.29, 0.717) is 26.6 Å². The Kier molecular flexibility index (Phi) is 7.00. The summed E-state index contributed by atoms with van der Waals surface area (Å²) in [5, 5.41) is 2.11. The van der Waals surface area contributed by atoms with Gasteiger partial charge in [0.2, 0.25) is 0 Å². The summed E-state index contributed by atoms with van der Waals surface area (Å²) in [5.74, 6) is 1.19. The lowest BCUT2D eigenvalue weighted by Crippen LogP contribution is -2.49. The minimum absolute atomic E-state index is 0.0622. The van der Waals surface area contributed by atoms with E-state index in [1.54, 1.807) is 0 Å². The maximum absolute atomic E-state index is 12.5. The molecule has 0 aromatic heterocycles. The van der Waals surface area contributed by atoms with Gasteiger partial charge in [0.25, 0.3) is 0 Å². The smallest absolute Gasteiger partial charge is 0.323 e. The highest BCUT2D eigenvalue weighted by Crippen LogP contribution is 2.41. The predicted molar refractivity (Wildman–Crippen MR) is 127 cm³/mol. The summed E-state index contributed by atoms with van der Waals surface area (Å²) in [7, 11) is 2.83. The van der Waals surface area contributed by atoms with Crippen molar-refractivity contribution in [3.05, 3.63) is 35.4 Å². The second kappa shape index (κ2) is 9.80. The van der Waals surface area contributed by atoms with Crippen LogP contribution in [0.2, 0.25) is 0 Å². The van der Waals surface area contributed by atoms with Crippen LogP contribution in [0.1, 0.15) is 38.8 Å². The molecule has 0 unspecified atom stereocenters. The van der Waals surface area contributed by atoms with Gasteiger partial charge in [-0.2, -0.15) is 0 Å². The third-order valence-corrected chi connectivity index (χ3v) is 6.74. The molecule has 0 saturated heterocycles. The van der Waals surface area contributed by atoms with Gasteiger partial charge in [0.15, 0.2) is 0 Å². The Morgan fingerprint density at radius 2 is 1.18 bits per heavy atom. The van der Waals surface area contributed by atoms with Gasteiger partial charge in [-0.15, -0.1) is 0 Å². The summed E-state index contributed by atoms with van der Waals surface area (Å²) in [5.41, 5.74) is 2.03. The highest BCUT2D eigenvalue weighted by atomic mass is 16.5. The molecule has 2 heterocycles. The van der Waals surface area contributed by atoms with Crippen molar-refractivity contribution in [2.24, 2.45) is 11.8 Å². The number of benzene rings is 2. The molecule has 0 N–H and O–H groups in total. The molecule has 2 atom stereocenters. The molecule has 0 amide bonds. The van der Waals surface area contributed by atoms with E-state index in [1.807, 2.05) is 61.8 Å². The molecule has 0 bridgehead atoms. The number of hydrogen-bond donors (Lipinski definition) is 0. The molecular weight excluding hydrogens is 436 g/mol. The molecule has 2 aromatic carbocycles. The quantitative estimate of drug-likeness (QED) is 0.594. The van der Waals surface area contributed by atoms with E-state index in [-0.39, 0.29) is 23.8 Å². The maximum atomic E-state index is 12.5. The zero-order valence-electron chi connectivity index (χ0n) is 20.8. The number of methoxy groups -OCH3 is 2. The molecule has 184 valence electrons. The number of carbonyl (C=O) groups is 2. The average molecular weight is 471 g/mol. The summed E-state index contributed by atoms with van der Waals surface area (Å²) in [4.78, 5) is 29.1. The summed E-state index contributed by atoms with van der Waals surface area (Å²) >= 11 is 0.